The Bertz CT molecular complexity index is 650. The zero-order valence-corrected chi connectivity index (χ0v) is 11.2. The van der Waals surface area contributed by atoms with Gasteiger partial charge < -0.3 is 10.6 Å². The van der Waals surface area contributed by atoms with Crippen LogP contribution in [0.4, 0.5) is 5.69 Å². The lowest BCUT2D eigenvalue weighted by Crippen LogP contribution is -2.39. The summed E-state index contributed by atoms with van der Waals surface area (Å²) in [5.74, 6) is 1.32. The summed E-state index contributed by atoms with van der Waals surface area (Å²) in [5.41, 5.74) is 1.82. The van der Waals surface area contributed by atoms with Crippen LogP contribution in [0.15, 0.2) is 24.4 Å². The van der Waals surface area contributed by atoms with Crippen molar-refractivity contribution in [3.8, 4) is 0 Å². The third kappa shape index (κ3) is 1.89. The van der Waals surface area contributed by atoms with Gasteiger partial charge in [-0.1, -0.05) is 6.42 Å². The molecule has 0 radical (unpaired) electrons. The fourth-order valence-electron chi connectivity index (χ4n) is 3.72. The van der Waals surface area contributed by atoms with Crippen molar-refractivity contribution in [2.45, 2.75) is 25.3 Å². The minimum atomic E-state index is -0.0254. The summed E-state index contributed by atoms with van der Waals surface area (Å²) in [7, 11) is 0. The van der Waals surface area contributed by atoms with E-state index in [1.807, 2.05) is 18.2 Å². The first-order chi connectivity index (χ1) is 9.81. The molecule has 4 rings (SSSR count). The fraction of sp³-hybridized carbons (Fsp3) is 0.467. The van der Waals surface area contributed by atoms with Gasteiger partial charge >= 0.3 is 0 Å². The van der Waals surface area contributed by atoms with Crippen molar-refractivity contribution < 1.29 is 4.79 Å². The number of fused-ring (bicyclic) bond motifs is 2. The van der Waals surface area contributed by atoms with Gasteiger partial charge in [0.25, 0.3) is 0 Å². The number of H-pyrrole nitrogens is 1. The molecule has 1 saturated heterocycles. The number of nitrogens with zero attached hydrogens (tertiary/aromatic N) is 1. The molecule has 1 saturated carbocycles. The summed E-state index contributed by atoms with van der Waals surface area (Å²) >= 11 is 0. The summed E-state index contributed by atoms with van der Waals surface area (Å²) in [4.78, 5) is 12.4. The van der Waals surface area contributed by atoms with Crippen LogP contribution < -0.4 is 10.6 Å². The molecule has 1 aliphatic heterocycles. The maximum Gasteiger partial charge on any atom is 0.241 e. The molecule has 0 spiro atoms. The highest BCUT2D eigenvalue weighted by molar-refractivity contribution is 5.97. The summed E-state index contributed by atoms with van der Waals surface area (Å²) < 4.78 is 0. The molecule has 2 aromatic rings. The number of carbonyl (C=O) groups is 1. The van der Waals surface area contributed by atoms with Gasteiger partial charge in [0, 0.05) is 11.1 Å². The first-order valence-electron chi connectivity index (χ1n) is 7.28. The Hall–Kier alpha value is -1.88. The van der Waals surface area contributed by atoms with Crippen LogP contribution in [0.25, 0.3) is 10.9 Å². The van der Waals surface area contributed by atoms with Crippen LogP contribution in [0, 0.1) is 11.8 Å². The Morgan fingerprint density at radius 1 is 1.35 bits per heavy atom. The molecule has 20 heavy (non-hydrogen) atoms. The van der Waals surface area contributed by atoms with Gasteiger partial charge in [0.1, 0.15) is 0 Å². The van der Waals surface area contributed by atoms with E-state index in [9.17, 15) is 4.79 Å². The van der Waals surface area contributed by atoms with E-state index < -0.39 is 0 Å². The molecule has 1 aromatic heterocycles. The molecule has 3 N–H and O–H groups in total. The third-order valence-electron chi connectivity index (χ3n) is 4.74. The van der Waals surface area contributed by atoms with E-state index in [2.05, 4.69) is 20.8 Å². The van der Waals surface area contributed by atoms with Crippen molar-refractivity contribution in [3.63, 3.8) is 0 Å². The van der Waals surface area contributed by atoms with Crippen molar-refractivity contribution in [3.05, 3.63) is 24.4 Å². The molecule has 3 atom stereocenters. The highest BCUT2D eigenvalue weighted by atomic mass is 16.2. The maximum atomic E-state index is 12.4. The quantitative estimate of drug-likeness (QED) is 0.780. The number of carbonyl (C=O) groups excluding carboxylic acids is 1. The van der Waals surface area contributed by atoms with Gasteiger partial charge in [-0.25, -0.2) is 0 Å². The van der Waals surface area contributed by atoms with E-state index in [0.717, 1.165) is 23.1 Å². The monoisotopic (exact) mass is 270 g/mol. The molecule has 0 bridgehead atoms. The maximum absolute atomic E-state index is 12.4. The van der Waals surface area contributed by atoms with Gasteiger partial charge in [-0.05, 0) is 49.4 Å². The molecule has 1 amide bonds. The second-order valence-corrected chi connectivity index (χ2v) is 5.90. The lowest BCUT2D eigenvalue weighted by molar-refractivity contribution is -0.118. The lowest BCUT2D eigenvalue weighted by Gasteiger charge is -2.17. The fourth-order valence-corrected chi connectivity index (χ4v) is 3.72. The number of anilines is 1. The molecule has 1 aromatic carbocycles. The SMILES string of the molecule is O=C(Nc1ccc2[nH]ncc2c1)C1NCC2CCCC21. The average molecular weight is 270 g/mol. The standard InChI is InChI=1S/C15H18N4O/c20-15(14-12-3-1-2-9(12)7-16-14)18-11-4-5-13-10(6-11)8-17-19-13/h4-6,8-9,12,14,16H,1-3,7H2,(H,17,19)(H,18,20). The minimum absolute atomic E-state index is 0.0254. The number of rotatable bonds is 2. The summed E-state index contributed by atoms with van der Waals surface area (Å²) in [6.07, 6.45) is 5.48. The van der Waals surface area contributed by atoms with Crippen LogP contribution in [0.2, 0.25) is 0 Å². The Morgan fingerprint density at radius 3 is 3.25 bits per heavy atom. The minimum Gasteiger partial charge on any atom is -0.325 e. The molecule has 2 fully saturated rings. The molecule has 104 valence electrons. The second-order valence-electron chi connectivity index (χ2n) is 5.90. The third-order valence-corrected chi connectivity index (χ3v) is 4.74. The summed E-state index contributed by atoms with van der Waals surface area (Å²) in [6.45, 7) is 0.990. The predicted molar refractivity (Wildman–Crippen MR) is 77.3 cm³/mol. The summed E-state index contributed by atoms with van der Waals surface area (Å²) in [6, 6.07) is 5.79. The first kappa shape index (κ1) is 11.9. The number of hydrogen-bond acceptors (Lipinski definition) is 3. The number of aromatic nitrogens is 2. The Balaban J connectivity index is 1.51. The van der Waals surface area contributed by atoms with E-state index in [0.29, 0.717) is 11.8 Å². The van der Waals surface area contributed by atoms with Gasteiger partial charge in [-0.15, -0.1) is 0 Å². The van der Waals surface area contributed by atoms with Crippen molar-refractivity contribution in [1.29, 1.82) is 0 Å². The van der Waals surface area contributed by atoms with Crippen LogP contribution in [-0.4, -0.2) is 28.7 Å². The number of hydrogen-bond donors (Lipinski definition) is 3. The topological polar surface area (TPSA) is 69.8 Å². The van der Waals surface area contributed by atoms with E-state index >= 15 is 0 Å². The molecular weight excluding hydrogens is 252 g/mol. The van der Waals surface area contributed by atoms with Crippen molar-refractivity contribution in [2.24, 2.45) is 11.8 Å². The predicted octanol–water partition coefficient (Wildman–Crippen LogP) is 1.89. The largest absolute Gasteiger partial charge is 0.325 e. The van der Waals surface area contributed by atoms with Crippen LogP contribution in [0.1, 0.15) is 19.3 Å². The number of aromatic amines is 1. The van der Waals surface area contributed by atoms with Crippen molar-refractivity contribution >= 4 is 22.5 Å². The zero-order valence-electron chi connectivity index (χ0n) is 11.2. The second kappa shape index (κ2) is 4.59. The van der Waals surface area contributed by atoms with Gasteiger partial charge in [-0.2, -0.15) is 5.10 Å². The summed E-state index contributed by atoms with van der Waals surface area (Å²) in [5, 5.41) is 14.3. The van der Waals surface area contributed by atoms with E-state index in [1.54, 1.807) is 6.20 Å². The molecule has 1 aliphatic carbocycles. The average Bonchev–Trinajstić information content (AvgIpc) is 3.13. The molecule has 5 nitrogen and oxygen atoms in total. The Labute approximate surface area is 117 Å². The number of nitrogens with one attached hydrogen (secondary N) is 3. The molecular formula is C15H18N4O. The Kier molecular flexibility index (Phi) is 2.73. The van der Waals surface area contributed by atoms with Gasteiger partial charge in [0.2, 0.25) is 5.91 Å². The number of benzene rings is 1. The van der Waals surface area contributed by atoms with Gasteiger partial charge in [0.15, 0.2) is 0 Å². The first-order valence-corrected chi connectivity index (χ1v) is 7.28. The molecule has 2 aliphatic rings. The van der Waals surface area contributed by atoms with E-state index in [-0.39, 0.29) is 11.9 Å². The Morgan fingerprint density at radius 2 is 2.30 bits per heavy atom. The van der Waals surface area contributed by atoms with Crippen molar-refractivity contribution in [2.75, 3.05) is 11.9 Å². The van der Waals surface area contributed by atoms with Crippen LogP contribution in [0.5, 0.6) is 0 Å². The molecule has 3 unspecified atom stereocenters. The zero-order chi connectivity index (χ0) is 13.5. The number of amides is 1. The highest BCUT2D eigenvalue weighted by Gasteiger charge is 2.42. The van der Waals surface area contributed by atoms with E-state index in [1.165, 1.54) is 19.3 Å². The lowest BCUT2D eigenvalue weighted by atomic mass is 9.93. The van der Waals surface area contributed by atoms with Crippen molar-refractivity contribution in [1.82, 2.24) is 15.5 Å². The van der Waals surface area contributed by atoms with Gasteiger partial charge in [0.05, 0.1) is 17.8 Å². The molecule has 5 heteroatoms. The highest BCUT2D eigenvalue weighted by Crippen LogP contribution is 2.38. The smallest absolute Gasteiger partial charge is 0.241 e. The van der Waals surface area contributed by atoms with Gasteiger partial charge in [-0.3, -0.25) is 9.89 Å². The van der Waals surface area contributed by atoms with E-state index in [4.69, 9.17) is 0 Å². The van der Waals surface area contributed by atoms with Crippen LogP contribution >= 0.6 is 0 Å². The molecule has 2 heterocycles. The van der Waals surface area contributed by atoms with Crippen LogP contribution in [-0.2, 0) is 4.79 Å². The van der Waals surface area contributed by atoms with Crippen LogP contribution in [0.3, 0.4) is 0 Å². The normalized spacial score (nSPS) is 28.7.